The van der Waals surface area contributed by atoms with Crippen LogP contribution in [0.5, 0.6) is 0 Å². The minimum atomic E-state index is -0.859. The van der Waals surface area contributed by atoms with E-state index in [2.05, 4.69) is 5.32 Å². The molecule has 20 heavy (non-hydrogen) atoms. The summed E-state index contributed by atoms with van der Waals surface area (Å²) < 4.78 is 0. The Morgan fingerprint density at radius 2 is 1.75 bits per heavy atom. The third kappa shape index (κ3) is 3.54. The molecular weight excluding hydrogens is 274 g/mol. The highest BCUT2D eigenvalue weighted by molar-refractivity contribution is 7.98. The number of thioether (sulfide) groups is 1. The van der Waals surface area contributed by atoms with Crippen molar-refractivity contribution in [3.05, 3.63) is 24.3 Å². The van der Waals surface area contributed by atoms with Crippen LogP contribution in [0.1, 0.15) is 25.7 Å². The summed E-state index contributed by atoms with van der Waals surface area (Å²) in [6.07, 6.45) is 5.06. The number of anilines is 1. The van der Waals surface area contributed by atoms with E-state index in [1.54, 1.807) is 11.8 Å². The molecule has 0 heterocycles. The summed E-state index contributed by atoms with van der Waals surface area (Å²) in [5.41, 5.74) is 0.725. The number of nitrogens with one attached hydrogen (secondary N) is 1. The van der Waals surface area contributed by atoms with Gasteiger partial charge in [0.05, 0.1) is 11.8 Å². The number of aliphatic carboxylic acids is 1. The first kappa shape index (κ1) is 14.9. The van der Waals surface area contributed by atoms with Crippen LogP contribution >= 0.6 is 11.8 Å². The van der Waals surface area contributed by atoms with Crippen molar-refractivity contribution < 1.29 is 14.7 Å². The van der Waals surface area contributed by atoms with Gasteiger partial charge in [-0.1, -0.05) is 12.8 Å². The lowest BCUT2D eigenvalue weighted by Gasteiger charge is -2.27. The van der Waals surface area contributed by atoms with Gasteiger partial charge in [-0.3, -0.25) is 9.59 Å². The molecule has 1 amide bonds. The largest absolute Gasteiger partial charge is 0.481 e. The van der Waals surface area contributed by atoms with Gasteiger partial charge in [-0.25, -0.2) is 0 Å². The zero-order valence-corrected chi connectivity index (χ0v) is 12.3. The Kier molecular flexibility index (Phi) is 5.06. The zero-order valence-electron chi connectivity index (χ0n) is 11.5. The maximum atomic E-state index is 12.3. The van der Waals surface area contributed by atoms with Gasteiger partial charge in [0.25, 0.3) is 0 Å². The number of carboxylic acid groups (broad SMARTS) is 1. The fraction of sp³-hybridized carbons (Fsp3) is 0.467. The first-order valence-corrected chi connectivity index (χ1v) is 8.02. The zero-order chi connectivity index (χ0) is 14.5. The van der Waals surface area contributed by atoms with E-state index in [-0.39, 0.29) is 5.91 Å². The normalized spacial score (nSPS) is 22.2. The van der Waals surface area contributed by atoms with E-state index in [9.17, 15) is 14.7 Å². The van der Waals surface area contributed by atoms with Crippen LogP contribution in [0.25, 0.3) is 0 Å². The highest BCUT2D eigenvalue weighted by atomic mass is 32.2. The molecule has 5 heteroatoms. The Bertz CT molecular complexity index is 486. The number of carbonyl (C=O) groups excluding carboxylic acids is 1. The van der Waals surface area contributed by atoms with E-state index in [4.69, 9.17) is 0 Å². The first-order valence-electron chi connectivity index (χ1n) is 6.79. The van der Waals surface area contributed by atoms with Gasteiger partial charge in [0, 0.05) is 10.6 Å². The van der Waals surface area contributed by atoms with Crippen molar-refractivity contribution in [3.8, 4) is 0 Å². The Balaban J connectivity index is 2.03. The second kappa shape index (κ2) is 6.79. The summed E-state index contributed by atoms with van der Waals surface area (Å²) in [5, 5.41) is 12.0. The number of hydrogen-bond donors (Lipinski definition) is 2. The van der Waals surface area contributed by atoms with E-state index in [1.807, 2.05) is 30.5 Å². The van der Waals surface area contributed by atoms with Gasteiger partial charge >= 0.3 is 5.97 Å². The van der Waals surface area contributed by atoms with Crippen molar-refractivity contribution >= 4 is 29.3 Å². The molecule has 0 aliphatic heterocycles. The highest BCUT2D eigenvalue weighted by Crippen LogP contribution is 2.31. The molecule has 0 bridgehead atoms. The second-order valence-electron chi connectivity index (χ2n) is 5.05. The number of amides is 1. The predicted molar refractivity (Wildman–Crippen MR) is 79.9 cm³/mol. The van der Waals surface area contributed by atoms with Crippen molar-refractivity contribution in [1.29, 1.82) is 0 Å². The predicted octanol–water partition coefficient (Wildman–Crippen LogP) is 3.24. The van der Waals surface area contributed by atoms with E-state index in [0.717, 1.165) is 23.4 Å². The van der Waals surface area contributed by atoms with Crippen molar-refractivity contribution in [3.63, 3.8) is 0 Å². The lowest BCUT2D eigenvalue weighted by Crippen LogP contribution is -2.36. The molecule has 2 rings (SSSR count). The number of hydrogen-bond acceptors (Lipinski definition) is 3. The van der Waals surface area contributed by atoms with Crippen LogP contribution in [0.3, 0.4) is 0 Å². The summed E-state index contributed by atoms with van der Waals surface area (Å²) in [4.78, 5) is 24.6. The molecule has 2 N–H and O–H groups in total. The fourth-order valence-electron chi connectivity index (χ4n) is 2.65. The maximum Gasteiger partial charge on any atom is 0.307 e. The summed E-state index contributed by atoms with van der Waals surface area (Å²) in [6.45, 7) is 0. The Labute approximate surface area is 123 Å². The lowest BCUT2D eigenvalue weighted by atomic mass is 9.78. The van der Waals surface area contributed by atoms with Crippen LogP contribution in [-0.4, -0.2) is 23.2 Å². The summed E-state index contributed by atoms with van der Waals surface area (Å²) in [6, 6.07) is 7.58. The lowest BCUT2D eigenvalue weighted by molar-refractivity contribution is -0.147. The monoisotopic (exact) mass is 293 g/mol. The molecule has 0 spiro atoms. The SMILES string of the molecule is CSc1ccc(NC(=O)[C@H]2CCCC[C@H]2C(=O)O)cc1. The quantitative estimate of drug-likeness (QED) is 0.836. The van der Waals surface area contributed by atoms with Gasteiger partial charge < -0.3 is 10.4 Å². The average Bonchev–Trinajstić information content (AvgIpc) is 2.48. The molecule has 1 aromatic rings. The van der Waals surface area contributed by atoms with Crippen molar-refractivity contribution in [2.45, 2.75) is 30.6 Å². The van der Waals surface area contributed by atoms with Crippen molar-refractivity contribution in [2.75, 3.05) is 11.6 Å². The van der Waals surface area contributed by atoms with Gasteiger partial charge in [-0.2, -0.15) is 0 Å². The van der Waals surface area contributed by atoms with Crippen LogP contribution in [-0.2, 0) is 9.59 Å². The van der Waals surface area contributed by atoms with Crippen molar-refractivity contribution in [1.82, 2.24) is 0 Å². The molecule has 1 fully saturated rings. The van der Waals surface area contributed by atoms with Gasteiger partial charge in [-0.15, -0.1) is 11.8 Å². The molecule has 0 aromatic heterocycles. The minimum Gasteiger partial charge on any atom is -0.481 e. The van der Waals surface area contributed by atoms with Crippen LogP contribution < -0.4 is 5.32 Å². The molecule has 1 aromatic carbocycles. The van der Waals surface area contributed by atoms with Crippen LogP contribution in [0.2, 0.25) is 0 Å². The minimum absolute atomic E-state index is 0.172. The molecule has 0 unspecified atom stereocenters. The van der Waals surface area contributed by atoms with Crippen molar-refractivity contribution in [2.24, 2.45) is 11.8 Å². The highest BCUT2D eigenvalue weighted by Gasteiger charge is 2.35. The van der Waals surface area contributed by atoms with Crippen LogP contribution in [0.15, 0.2) is 29.2 Å². The molecule has 0 radical (unpaired) electrons. The summed E-state index contributed by atoms with van der Waals surface area (Å²) in [7, 11) is 0. The molecule has 2 atom stereocenters. The van der Waals surface area contributed by atoms with Gasteiger partial charge in [0.1, 0.15) is 0 Å². The van der Waals surface area contributed by atoms with Gasteiger partial charge in [0.15, 0.2) is 0 Å². The summed E-state index contributed by atoms with van der Waals surface area (Å²) in [5.74, 6) is -1.99. The van der Waals surface area contributed by atoms with E-state index >= 15 is 0 Å². The smallest absolute Gasteiger partial charge is 0.307 e. The fourth-order valence-corrected chi connectivity index (χ4v) is 3.06. The average molecular weight is 293 g/mol. The Hall–Kier alpha value is -1.49. The second-order valence-corrected chi connectivity index (χ2v) is 5.93. The third-order valence-corrected chi connectivity index (χ3v) is 4.52. The molecule has 0 saturated heterocycles. The molecule has 4 nitrogen and oxygen atoms in total. The molecule has 1 aliphatic carbocycles. The first-order chi connectivity index (χ1) is 9.61. The summed E-state index contributed by atoms with van der Waals surface area (Å²) >= 11 is 1.64. The molecule has 1 aliphatic rings. The standard InChI is InChI=1S/C15H19NO3S/c1-20-11-8-6-10(7-9-11)16-14(17)12-4-2-3-5-13(12)15(18)19/h6-9,12-13H,2-5H2,1H3,(H,16,17)(H,18,19)/t12-,13+/m0/s1. The van der Waals surface area contributed by atoms with E-state index < -0.39 is 17.8 Å². The van der Waals surface area contributed by atoms with Crippen LogP contribution in [0, 0.1) is 11.8 Å². The van der Waals surface area contributed by atoms with Crippen LogP contribution in [0.4, 0.5) is 5.69 Å². The van der Waals surface area contributed by atoms with Gasteiger partial charge in [-0.05, 0) is 43.4 Å². The number of carbonyl (C=O) groups is 2. The maximum absolute atomic E-state index is 12.3. The number of rotatable bonds is 4. The molecule has 108 valence electrons. The van der Waals surface area contributed by atoms with E-state index in [1.165, 1.54) is 0 Å². The Morgan fingerprint density at radius 1 is 1.15 bits per heavy atom. The molecular formula is C15H19NO3S. The third-order valence-electron chi connectivity index (χ3n) is 3.78. The number of carboxylic acids is 1. The van der Waals surface area contributed by atoms with Gasteiger partial charge in [0.2, 0.25) is 5.91 Å². The number of benzene rings is 1. The molecule has 1 saturated carbocycles. The topological polar surface area (TPSA) is 66.4 Å². The van der Waals surface area contributed by atoms with E-state index in [0.29, 0.717) is 12.8 Å². The Morgan fingerprint density at radius 3 is 2.30 bits per heavy atom.